The van der Waals surface area contributed by atoms with Gasteiger partial charge in [-0.2, -0.15) is 0 Å². The molecule has 0 radical (unpaired) electrons. The minimum Gasteiger partial charge on any atom is -0.478 e. The van der Waals surface area contributed by atoms with E-state index in [1.807, 2.05) is 0 Å². The highest BCUT2D eigenvalue weighted by molar-refractivity contribution is 9.10. The first-order valence-electron chi connectivity index (χ1n) is 5.53. The van der Waals surface area contributed by atoms with Gasteiger partial charge >= 0.3 is 5.97 Å². The van der Waals surface area contributed by atoms with E-state index in [0.717, 1.165) is 0 Å². The fraction of sp³-hybridized carbons (Fsp3) is 0. The molecule has 0 bridgehead atoms. The molecule has 0 saturated heterocycles. The molecule has 108 valence electrons. The summed E-state index contributed by atoms with van der Waals surface area (Å²) < 4.78 is 0.482. The van der Waals surface area contributed by atoms with E-state index in [1.165, 1.54) is 30.5 Å². The molecule has 1 aromatic carbocycles. The molecular weight excluding hydrogens is 383 g/mol. The van der Waals surface area contributed by atoms with Crippen LogP contribution in [0, 0.1) is 0 Å². The number of anilines is 1. The summed E-state index contributed by atoms with van der Waals surface area (Å²) in [6, 6.07) is 5.56. The van der Waals surface area contributed by atoms with Crippen molar-refractivity contribution in [3.05, 3.63) is 56.2 Å². The van der Waals surface area contributed by atoms with Gasteiger partial charge in [0.1, 0.15) is 4.60 Å². The normalized spacial score (nSPS) is 10.2. The largest absolute Gasteiger partial charge is 0.478 e. The van der Waals surface area contributed by atoms with Crippen LogP contribution in [0.4, 0.5) is 5.69 Å². The van der Waals surface area contributed by atoms with E-state index in [4.69, 9.17) is 28.3 Å². The maximum atomic E-state index is 12.1. The summed E-state index contributed by atoms with van der Waals surface area (Å²) in [6.07, 6.45) is 1.45. The van der Waals surface area contributed by atoms with E-state index < -0.39 is 11.9 Å². The predicted octanol–water partition coefficient (Wildman–Crippen LogP) is 4.10. The van der Waals surface area contributed by atoms with Gasteiger partial charge in [-0.1, -0.05) is 23.2 Å². The Hall–Kier alpha value is -1.63. The third-order valence-corrected chi connectivity index (χ3v) is 3.46. The molecule has 0 aliphatic heterocycles. The molecule has 21 heavy (non-hydrogen) atoms. The molecule has 1 amide bonds. The van der Waals surface area contributed by atoms with Crippen molar-refractivity contribution >= 4 is 56.7 Å². The third-order valence-electron chi connectivity index (χ3n) is 2.51. The van der Waals surface area contributed by atoms with Crippen molar-refractivity contribution in [1.29, 1.82) is 0 Å². The van der Waals surface area contributed by atoms with E-state index in [0.29, 0.717) is 10.2 Å². The molecule has 1 heterocycles. The average molecular weight is 390 g/mol. The Morgan fingerprint density at radius 2 is 1.95 bits per heavy atom. The van der Waals surface area contributed by atoms with Crippen LogP contribution in [0.2, 0.25) is 10.0 Å². The number of carbonyl (C=O) groups is 2. The smallest absolute Gasteiger partial charge is 0.337 e. The number of hydrogen-bond donors (Lipinski definition) is 2. The Labute approximate surface area is 138 Å². The van der Waals surface area contributed by atoms with Crippen LogP contribution in [0.1, 0.15) is 20.7 Å². The SMILES string of the molecule is O=C(Nc1c(Cl)cc(Cl)cc1C(=O)O)c1ccnc(Br)c1. The number of aromatic carboxylic acids is 1. The van der Waals surface area contributed by atoms with Gasteiger partial charge in [-0.05, 0) is 40.2 Å². The first-order valence-corrected chi connectivity index (χ1v) is 7.08. The third kappa shape index (κ3) is 3.72. The zero-order valence-corrected chi connectivity index (χ0v) is 13.3. The zero-order valence-electron chi connectivity index (χ0n) is 10.2. The van der Waals surface area contributed by atoms with Gasteiger partial charge < -0.3 is 10.4 Å². The van der Waals surface area contributed by atoms with Gasteiger partial charge in [0.25, 0.3) is 5.91 Å². The van der Waals surface area contributed by atoms with Gasteiger partial charge in [-0.25, -0.2) is 9.78 Å². The summed E-state index contributed by atoms with van der Waals surface area (Å²) >= 11 is 14.9. The van der Waals surface area contributed by atoms with Crippen molar-refractivity contribution in [2.24, 2.45) is 0 Å². The van der Waals surface area contributed by atoms with E-state index in [2.05, 4.69) is 26.2 Å². The van der Waals surface area contributed by atoms with Crippen molar-refractivity contribution < 1.29 is 14.7 Å². The van der Waals surface area contributed by atoms with Crippen LogP contribution < -0.4 is 5.32 Å². The Morgan fingerprint density at radius 1 is 1.24 bits per heavy atom. The van der Waals surface area contributed by atoms with Crippen molar-refractivity contribution in [2.45, 2.75) is 0 Å². The van der Waals surface area contributed by atoms with Crippen LogP contribution in [0.15, 0.2) is 35.1 Å². The van der Waals surface area contributed by atoms with Crippen molar-refractivity contribution in [3.8, 4) is 0 Å². The molecule has 0 atom stereocenters. The first-order chi connectivity index (χ1) is 9.88. The van der Waals surface area contributed by atoms with Crippen LogP contribution in [0.25, 0.3) is 0 Å². The quantitative estimate of drug-likeness (QED) is 0.774. The predicted molar refractivity (Wildman–Crippen MR) is 83.3 cm³/mol. The molecule has 5 nitrogen and oxygen atoms in total. The van der Waals surface area contributed by atoms with E-state index >= 15 is 0 Å². The topological polar surface area (TPSA) is 79.3 Å². The highest BCUT2D eigenvalue weighted by Gasteiger charge is 2.18. The second-order valence-electron chi connectivity index (χ2n) is 3.94. The van der Waals surface area contributed by atoms with Crippen molar-refractivity contribution in [3.63, 3.8) is 0 Å². The van der Waals surface area contributed by atoms with Crippen molar-refractivity contribution in [2.75, 3.05) is 5.32 Å². The van der Waals surface area contributed by atoms with Crippen LogP contribution >= 0.6 is 39.1 Å². The van der Waals surface area contributed by atoms with Crippen LogP contribution in [0.3, 0.4) is 0 Å². The fourth-order valence-corrected chi connectivity index (χ4v) is 2.50. The Balaban J connectivity index is 2.39. The number of aromatic nitrogens is 1. The molecule has 0 aliphatic carbocycles. The molecule has 0 unspecified atom stereocenters. The summed E-state index contributed by atoms with van der Waals surface area (Å²) in [6.45, 7) is 0. The highest BCUT2D eigenvalue weighted by atomic mass is 79.9. The number of carboxylic acid groups (broad SMARTS) is 1. The van der Waals surface area contributed by atoms with Gasteiger partial charge in [0.05, 0.1) is 16.3 Å². The highest BCUT2D eigenvalue weighted by Crippen LogP contribution is 2.30. The number of amides is 1. The molecule has 0 saturated carbocycles. The number of halogens is 3. The second kappa shape index (κ2) is 6.43. The van der Waals surface area contributed by atoms with Crippen LogP contribution in [-0.2, 0) is 0 Å². The maximum absolute atomic E-state index is 12.1. The molecule has 0 fully saturated rings. The zero-order chi connectivity index (χ0) is 15.6. The van der Waals surface area contributed by atoms with Crippen LogP contribution in [0.5, 0.6) is 0 Å². The average Bonchev–Trinajstić information content (AvgIpc) is 2.41. The first kappa shape index (κ1) is 15.8. The van der Waals surface area contributed by atoms with E-state index in [9.17, 15) is 9.59 Å². The molecule has 1 aromatic heterocycles. The Morgan fingerprint density at radius 3 is 2.57 bits per heavy atom. The van der Waals surface area contributed by atoms with Crippen molar-refractivity contribution in [1.82, 2.24) is 4.98 Å². The number of benzene rings is 1. The van der Waals surface area contributed by atoms with E-state index in [1.54, 1.807) is 0 Å². The molecule has 2 rings (SSSR count). The summed E-state index contributed by atoms with van der Waals surface area (Å²) in [5, 5.41) is 11.8. The lowest BCUT2D eigenvalue weighted by Gasteiger charge is -2.11. The van der Waals surface area contributed by atoms with Gasteiger partial charge in [0.15, 0.2) is 0 Å². The van der Waals surface area contributed by atoms with Gasteiger partial charge in [-0.3, -0.25) is 4.79 Å². The fourth-order valence-electron chi connectivity index (χ4n) is 1.60. The molecule has 0 aliphatic rings. The number of rotatable bonds is 3. The number of hydrogen-bond acceptors (Lipinski definition) is 3. The number of carbonyl (C=O) groups excluding carboxylic acids is 1. The van der Waals surface area contributed by atoms with Gasteiger partial charge in [0, 0.05) is 16.8 Å². The van der Waals surface area contributed by atoms with Crippen LogP contribution in [-0.4, -0.2) is 22.0 Å². The Kier molecular flexibility index (Phi) is 4.82. The lowest BCUT2D eigenvalue weighted by atomic mass is 10.1. The molecule has 0 spiro atoms. The monoisotopic (exact) mass is 388 g/mol. The number of carboxylic acids is 1. The number of nitrogens with zero attached hydrogens (tertiary/aromatic N) is 1. The minimum absolute atomic E-state index is 0.00787. The lowest BCUT2D eigenvalue weighted by molar-refractivity contribution is 0.0698. The standard InChI is InChI=1S/C13H7BrCl2N2O3/c14-10-3-6(1-2-17-10)12(19)18-11-8(13(20)21)4-7(15)5-9(11)16/h1-5H,(H,18,19)(H,20,21). The summed E-state index contributed by atoms with van der Waals surface area (Å²) in [5.74, 6) is -1.75. The Bertz CT molecular complexity index is 737. The molecular formula is C13H7BrCl2N2O3. The van der Waals surface area contributed by atoms with Gasteiger partial charge in [-0.15, -0.1) is 0 Å². The second-order valence-corrected chi connectivity index (χ2v) is 5.59. The molecule has 8 heteroatoms. The lowest BCUT2D eigenvalue weighted by Crippen LogP contribution is -2.15. The summed E-state index contributed by atoms with van der Waals surface area (Å²) in [4.78, 5) is 27.2. The summed E-state index contributed by atoms with van der Waals surface area (Å²) in [7, 11) is 0. The molecule has 2 aromatic rings. The molecule has 2 N–H and O–H groups in total. The minimum atomic E-state index is -1.24. The maximum Gasteiger partial charge on any atom is 0.337 e. The van der Waals surface area contributed by atoms with Gasteiger partial charge in [0.2, 0.25) is 0 Å². The number of nitrogens with one attached hydrogen (secondary N) is 1. The number of pyridine rings is 1. The summed E-state index contributed by atoms with van der Waals surface area (Å²) in [5.41, 5.74) is 0.111. The van der Waals surface area contributed by atoms with E-state index in [-0.39, 0.29) is 21.3 Å².